The van der Waals surface area contributed by atoms with E-state index in [4.69, 9.17) is 9.47 Å². The number of hydrogen-bond donors (Lipinski definition) is 0. The molecule has 1 aromatic heterocycles. The molecular formula is C16H19NO4S. The van der Waals surface area contributed by atoms with E-state index in [0.717, 1.165) is 4.88 Å². The van der Waals surface area contributed by atoms with Crippen molar-refractivity contribution in [1.29, 1.82) is 0 Å². The largest absolute Gasteiger partial charge is 0.466 e. The summed E-state index contributed by atoms with van der Waals surface area (Å²) in [5.41, 5.74) is 0.864. The molecule has 0 N–H and O–H groups in total. The Morgan fingerprint density at radius 2 is 1.68 bits per heavy atom. The summed E-state index contributed by atoms with van der Waals surface area (Å²) in [6.07, 6.45) is 3.49. The van der Waals surface area contributed by atoms with Gasteiger partial charge in [0.25, 0.3) is 0 Å². The van der Waals surface area contributed by atoms with E-state index in [2.05, 4.69) is 0 Å². The molecule has 0 spiro atoms. The second-order valence-corrected chi connectivity index (χ2v) is 6.12. The summed E-state index contributed by atoms with van der Waals surface area (Å²) in [6, 6.07) is 3.88. The van der Waals surface area contributed by atoms with Crippen molar-refractivity contribution in [3.05, 3.63) is 45.9 Å². The Kier molecular flexibility index (Phi) is 5.03. The molecule has 0 saturated heterocycles. The molecule has 118 valence electrons. The summed E-state index contributed by atoms with van der Waals surface area (Å²) < 4.78 is 9.80. The predicted molar refractivity (Wildman–Crippen MR) is 84.2 cm³/mol. The molecule has 0 atom stereocenters. The standard InChI is InChI=1S/C16H19NO4S/c1-10(2)17-8-11(15(18)20-3)14(13-6-5-7-22-13)12(9-17)16(19)21-4/h5-10,14H,1-4H3. The van der Waals surface area contributed by atoms with E-state index in [1.165, 1.54) is 25.6 Å². The smallest absolute Gasteiger partial charge is 0.336 e. The highest BCUT2D eigenvalue weighted by molar-refractivity contribution is 7.10. The number of thiophene rings is 1. The number of nitrogens with zero attached hydrogens (tertiary/aromatic N) is 1. The monoisotopic (exact) mass is 321 g/mol. The van der Waals surface area contributed by atoms with Crippen molar-refractivity contribution >= 4 is 23.3 Å². The van der Waals surface area contributed by atoms with Crippen molar-refractivity contribution in [2.45, 2.75) is 25.8 Å². The van der Waals surface area contributed by atoms with Crippen LogP contribution in [0.5, 0.6) is 0 Å². The van der Waals surface area contributed by atoms with Gasteiger partial charge in [0.05, 0.1) is 31.3 Å². The van der Waals surface area contributed by atoms with Gasteiger partial charge in [-0.05, 0) is 25.3 Å². The van der Waals surface area contributed by atoms with Crippen LogP contribution in [0.3, 0.4) is 0 Å². The highest BCUT2D eigenvalue weighted by atomic mass is 32.1. The first kappa shape index (κ1) is 16.3. The van der Waals surface area contributed by atoms with Crippen LogP contribution in [0.4, 0.5) is 0 Å². The Labute approximate surface area is 133 Å². The van der Waals surface area contributed by atoms with Crippen molar-refractivity contribution in [1.82, 2.24) is 4.90 Å². The quantitative estimate of drug-likeness (QED) is 0.798. The summed E-state index contributed by atoms with van der Waals surface area (Å²) in [7, 11) is 2.68. The molecule has 22 heavy (non-hydrogen) atoms. The van der Waals surface area contributed by atoms with E-state index in [0.29, 0.717) is 11.1 Å². The molecule has 0 aliphatic carbocycles. The maximum absolute atomic E-state index is 12.2. The number of methoxy groups -OCH3 is 2. The van der Waals surface area contributed by atoms with Gasteiger partial charge in [-0.2, -0.15) is 0 Å². The summed E-state index contributed by atoms with van der Waals surface area (Å²) in [6.45, 7) is 3.95. The highest BCUT2D eigenvalue weighted by Gasteiger charge is 2.36. The first-order valence-corrected chi connectivity index (χ1v) is 7.78. The van der Waals surface area contributed by atoms with Crippen LogP contribution in [0.15, 0.2) is 41.1 Å². The molecule has 0 aromatic carbocycles. The zero-order valence-corrected chi connectivity index (χ0v) is 13.8. The fourth-order valence-electron chi connectivity index (χ4n) is 2.31. The Morgan fingerprint density at radius 3 is 2.05 bits per heavy atom. The maximum atomic E-state index is 12.2. The summed E-state index contributed by atoms with van der Waals surface area (Å²) in [5.74, 6) is -1.35. The Bertz CT molecular complexity index is 582. The van der Waals surface area contributed by atoms with E-state index in [1.807, 2.05) is 36.3 Å². The van der Waals surface area contributed by atoms with Crippen LogP contribution in [0, 0.1) is 0 Å². The molecule has 0 radical (unpaired) electrons. The third-order valence-electron chi connectivity index (χ3n) is 3.46. The third-order valence-corrected chi connectivity index (χ3v) is 4.40. The number of carbonyl (C=O) groups excluding carboxylic acids is 2. The van der Waals surface area contributed by atoms with Gasteiger partial charge in [-0.3, -0.25) is 0 Å². The molecule has 5 nitrogen and oxygen atoms in total. The van der Waals surface area contributed by atoms with Gasteiger partial charge in [0.1, 0.15) is 0 Å². The number of esters is 2. The topological polar surface area (TPSA) is 55.8 Å². The van der Waals surface area contributed by atoms with E-state index in [-0.39, 0.29) is 6.04 Å². The molecule has 0 amide bonds. The average Bonchev–Trinajstić information content (AvgIpc) is 3.05. The van der Waals surface area contributed by atoms with E-state index >= 15 is 0 Å². The molecule has 6 heteroatoms. The minimum atomic E-state index is -0.463. The highest BCUT2D eigenvalue weighted by Crippen LogP contribution is 2.39. The van der Waals surface area contributed by atoms with E-state index in [9.17, 15) is 9.59 Å². The van der Waals surface area contributed by atoms with Gasteiger partial charge in [0.15, 0.2) is 0 Å². The number of rotatable bonds is 4. The lowest BCUT2D eigenvalue weighted by molar-refractivity contribution is -0.137. The van der Waals surface area contributed by atoms with Crippen LogP contribution in [-0.4, -0.2) is 37.1 Å². The minimum absolute atomic E-state index is 0.101. The molecule has 0 saturated carbocycles. The Morgan fingerprint density at radius 1 is 1.14 bits per heavy atom. The summed E-state index contributed by atoms with van der Waals surface area (Å²) in [5, 5.41) is 1.91. The second-order valence-electron chi connectivity index (χ2n) is 5.14. The van der Waals surface area contributed by atoms with Crippen LogP contribution in [0.1, 0.15) is 24.6 Å². The molecule has 1 aliphatic heterocycles. The molecule has 1 aromatic rings. The first-order chi connectivity index (χ1) is 10.5. The van der Waals surface area contributed by atoms with Crippen LogP contribution in [-0.2, 0) is 19.1 Å². The van der Waals surface area contributed by atoms with Crippen molar-refractivity contribution in [3.8, 4) is 0 Å². The van der Waals surface area contributed by atoms with Crippen molar-refractivity contribution in [2.75, 3.05) is 14.2 Å². The molecule has 0 unspecified atom stereocenters. The summed E-state index contributed by atoms with van der Waals surface area (Å²) in [4.78, 5) is 27.1. The van der Waals surface area contributed by atoms with Crippen molar-refractivity contribution in [2.24, 2.45) is 0 Å². The Balaban J connectivity index is 2.56. The van der Waals surface area contributed by atoms with Gasteiger partial charge in [0, 0.05) is 23.3 Å². The predicted octanol–water partition coefficient (Wildman–Crippen LogP) is 2.67. The van der Waals surface area contributed by atoms with Crippen molar-refractivity contribution < 1.29 is 19.1 Å². The molecule has 2 heterocycles. The van der Waals surface area contributed by atoms with Gasteiger partial charge >= 0.3 is 11.9 Å². The molecular weight excluding hydrogens is 302 g/mol. The van der Waals surface area contributed by atoms with Gasteiger partial charge in [0.2, 0.25) is 0 Å². The second kappa shape index (κ2) is 6.79. The minimum Gasteiger partial charge on any atom is -0.466 e. The maximum Gasteiger partial charge on any atom is 0.336 e. The van der Waals surface area contributed by atoms with Gasteiger partial charge in [-0.25, -0.2) is 9.59 Å². The van der Waals surface area contributed by atoms with Gasteiger partial charge in [-0.15, -0.1) is 11.3 Å². The first-order valence-electron chi connectivity index (χ1n) is 6.90. The summed E-state index contributed by atoms with van der Waals surface area (Å²) >= 11 is 1.49. The third kappa shape index (κ3) is 3.06. The lowest BCUT2D eigenvalue weighted by atomic mass is 9.87. The normalized spacial score (nSPS) is 15.4. The average molecular weight is 321 g/mol. The number of carbonyl (C=O) groups is 2. The van der Waals surface area contributed by atoms with Crippen LogP contribution in [0.2, 0.25) is 0 Å². The van der Waals surface area contributed by atoms with E-state index in [1.54, 1.807) is 12.4 Å². The fraction of sp³-hybridized carbons (Fsp3) is 0.375. The van der Waals surface area contributed by atoms with Gasteiger partial charge in [-0.1, -0.05) is 6.07 Å². The molecule has 0 bridgehead atoms. The van der Waals surface area contributed by atoms with Crippen molar-refractivity contribution in [3.63, 3.8) is 0 Å². The van der Waals surface area contributed by atoms with Crippen LogP contribution >= 0.6 is 11.3 Å². The molecule has 0 fully saturated rings. The lowest BCUT2D eigenvalue weighted by Gasteiger charge is -2.31. The zero-order chi connectivity index (χ0) is 16.3. The fourth-order valence-corrected chi connectivity index (χ4v) is 3.17. The molecule has 2 rings (SSSR count). The number of hydrogen-bond acceptors (Lipinski definition) is 6. The number of ether oxygens (including phenoxy) is 2. The lowest BCUT2D eigenvalue weighted by Crippen LogP contribution is -2.31. The SMILES string of the molecule is COC(=O)C1=CN(C(C)C)C=C(C(=O)OC)C1c1cccs1. The van der Waals surface area contributed by atoms with Crippen LogP contribution in [0.25, 0.3) is 0 Å². The van der Waals surface area contributed by atoms with Gasteiger partial charge < -0.3 is 14.4 Å². The zero-order valence-electron chi connectivity index (χ0n) is 13.0. The van der Waals surface area contributed by atoms with E-state index < -0.39 is 17.9 Å². The Hall–Kier alpha value is -2.08. The van der Waals surface area contributed by atoms with Crippen LogP contribution < -0.4 is 0 Å². The molecule has 1 aliphatic rings.